The number of carbonyl (C=O) groups is 2. The molecule has 0 aliphatic rings. The summed E-state index contributed by atoms with van der Waals surface area (Å²) in [4.78, 5) is 25.5. The van der Waals surface area contributed by atoms with Gasteiger partial charge >= 0.3 is 0 Å². The van der Waals surface area contributed by atoms with Gasteiger partial charge in [0.25, 0.3) is 0 Å². The monoisotopic (exact) mass is 481 g/mol. The van der Waals surface area contributed by atoms with Gasteiger partial charge in [0.2, 0.25) is 21.8 Å². The number of nitrogens with one attached hydrogen (secondary N) is 3. The van der Waals surface area contributed by atoms with Gasteiger partial charge in [0.15, 0.2) is 0 Å². The van der Waals surface area contributed by atoms with Crippen molar-refractivity contribution in [3.63, 3.8) is 0 Å². The molecule has 3 aromatic carbocycles. The van der Waals surface area contributed by atoms with E-state index in [9.17, 15) is 18.0 Å². The Morgan fingerprint density at radius 1 is 0.853 bits per heavy atom. The summed E-state index contributed by atoms with van der Waals surface area (Å²) < 4.78 is 25.6. The van der Waals surface area contributed by atoms with E-state index in [0.29, 0.717) is 5.56 Å². The summed E-state index contributed by atoms with van der Waals surface area (Å²) in [5.74, 6) is -0.660. The average molecular weight is 482 g/mol. The zero-order valence-electron chi connectivity index (χ0n) is 19.7. The van der Waals surface area contributed by atoms with Crippen molar-refractivity contribution < 1.29 is 18.0 Å². The zero-order valence-corrected chi connectivity index (χ0v) is 20.5. The Bertz CT molecular complexity index is 1250. The molecule has 0 saturated carbocycles. The van der Waals surface area contributed by atoms with E-state index in [0.717, 1.165) is 21.9 Å². The van der Waals surface area contributed by atoms with Crippen LogP contribution in [0, 0.1) is 5.92 Å². The fourth-order valence-electron chi connectivity index (χ4n) is 3.64. The minimum absolute atomic E-state index is 0.0883. The molecule has 2 amide bonds. The Kier molecular flexibility index (Phi) is 8.41. The molecule has 8 heteroatoms. The standard InChI is InChI=1S/C26H31N3O4S/c1-18(2)25(29-24(30)15-21-12-13-22-6-4-5-7-23(22)14-21)26(31)28-16-19-8-10-20(11-9-19)17-34(32,33)27-3/h4-14,18,25,27H,15-17H2,1-3H3,(H,28,31)(H,29,30). The third-order valence-electron chi connectivity index (χ3n) is 5.60. The number of rotatable bonds is 10. The molecule has 0 aromatic heterocycles. The molecule has 1 atom stereocenters. The summed E-state index contributed by atoms with van der Waals surface area (Å²) in [6, 6.07) is 20.2. The van der Waals surface area contributed by atoms with E-state index in [-0.39, 0.29) is 36.5 Å². The summed E-state index contributed by atoms with van der Waals surface area (Å²) in [5.41, 5.74) is 2.38. The average Bonchev–Trinajstić information content (AvgIpc) is 2.81. The van der Waals surface area contributed by atoms with Gasteiger partial charge in [0.1, 0.15) is 6.04 Å². The highest BCUT2D eigenvalue weighted by molar-refractivity contribution is 7.88. The van der Waals surface area contributed by atoms with Crippen LogP contribution in [0.3, 0.4) is 0 Å². The van der Waals surface area contributed by atoms with E-state index in [4.69, 9.17) is 0 Å². The van der Waals surface area contributed by atoms with Gasteiger partial charge in [-0.15, -0.1) is 0 Å². The summed E-state index contributed by atoms with van der Waals surface area (Å²) in [5, 5.41) is 7.92. The van der Waals surface area contributed by atoms with Crippen LogP contribution in [0.2, 0.25) is 0 Å². The van der Waals surface area contributed by atoms with Crippen molar-refractivity contribution in [3.8, 4) is 0 Å². The van der Waals surface area contributed by atoms with Crippen molar-refractivity contribution in [2.45, 2.75) is 38.6 Å². The summed E-state index contributed by atoms with van der Waals surface area (Å²) in [6.07, 6.45) is 0.193. The largest absolute Gasteiger partial charge is 0.350 e. The lowest BCUT2D eigenvalue weighted by Crippen LogP contribution is -2.49. The molecule has 0 fully saturated rings. The van der Waals surface area contributed by atoms with Gasteiger partial charge in [-0.3, -0.25) is 9.59 Å². The number of hydrogen-bond acceptors (Lipinski definition) is 4. The maximum absolute atomic E-state index is 12.8. The second-order valence-corrected chi connectivity index (χ2v) is 10.6. The maximum atomic E-state index is 12.8. The van der Waals surface area contributed by atoms with Crippen molar-refractivity contribution in [2.75, 3.05) is 7.05 Å². The molecule has 3 rings (SSSR count). The number of benzene rings is 3. The van der Waals surface area contributed by atoms with E-state index < -0.39 is 16.1 Å². The molecule has 0 saturated heterocycles. The molecule has 0 spiro atoms. The van der Waals surface area contributed by atoms with E-state index in [1.807, 2.05) is 56.3 Å². The summed E-state index contributed by atoms with van der Waals surface area (Å²) in [6.45, 7) is 4.05. The summed E-state index contributed by atoms with van der Waals surface area (Å²) >= 11 is 0. The van der Waals surface area contributed by atoms with Gasteiger partial charge in [0, 0.05) is 6.54 Å². The molecule has 0 aliphatic carbocycles. The molecule has 3 N–H and O–H groups in total. The van der Waals surface area contributed by atoms with Crippen LogP contribution in [0.1, 0.15) is 30.5 Å². The number of amides is 2. The minimum Gasteiger partial charge on any atom is -0.350 e. The van der Waals surface area contributed by atoms with E-state index in [1.54, 1.807) is 24.3 Å². The highest BCUT2D eigenvalue weighted by atomic mass is 32.2. The number of hydrogen-bond donors (Lipinski definition) is 3. The van der Waals surface area contributed by atoms with Crippen molar-refractivity contribution in [3.05, 3.63) is 83.4 Å². The van der Waals surface area contributed by atoms with Crippen molar-refractivity contribution >= 4 is 32.6 Å². The van der Waals surface area contributed by atoms with E-state index in [2.05, 4.69) is 15.4 Å². The Balaban J connectivity index is 1.56. The van der Waals surface area contributed by atoms with Crippen LogP contribution in [-0.2, 0) is 38.3 Å². The van der Waals surface area contributed by atoms with Gasteiger partial charge in [-0.05, 0) is 40.4 Å². The highest BCUT2D eigenvalue weighted by Crippen LogP contribution is 2.16. The van der Waals surface area contributed by atoms with E-state index in [1.165, 1.54) is 7.05 Å². The minimum atomic E-state index is -3.34. The Morgan fingerprint density at radius 2 is 1.47 bits per heavy atom. The van der Waals surface area contributed by atoms with Crippen LogP contribution in [-0.4, -0.2) is 33.3 Å². The first-order valence-corrected chi connectivity index (χ1v) is 12.9. The van der Waals surface area contributed by atoms with Crippen LogP contribution in [0.25, 0.3) is 10.8 Å². The lowest BCUT2D eigenvalue weighted by atomic mass is 10.0. The normalized spacial score (nSPS) is 12.5. The van der Waals surface area contributed by atoms with Crippen LogP contribution in [0.15, 0.2) is 66.7 Å². The molecule has 1 unspecified atom stereocenters. The predicted molar refractivity (Wildman–Crippen MR) is 134 cm³/mol. The molecule has 7 nitrogen and oxygen atoms in total. The summed E-state index contributed by atoms with van der Waals surface area (Å²) in [7, 11) is -1.96. The fourth-order valence-corrected chi connectivity index (χ4v) is 4.41. The van der Waals surface area contributed by atoms with Crippen molar-refractivity contribution in [1.29, 1.82) is 0 Å². The molecule has 0 aliphatic heterocycles. The van der Waals surface area contributed by atoms with Crippen molar-refractivity contribution in [1.82, 2.24) is 15.4 Å². The number of sulfonamides is 1. The Labute approximate surface area is 201 Å². The van der Waals surface area contributed by atoms with Gasteiger partial charge in [-0.25, -0.2) is 13.1 Å². The lowest BCUT2D eigenvalue weighted by molar-refractivity contribution is -0.129. The van der Waals surface area contributed by atoms with Crippen molar-refractivity contribution in [2.24, 2.45) is 5.92 Å². The predicted octanol–water partition coefficient (Wildman–Crippen LogP) is 2.89. The first kappa shape index (κ1) is 25.4. The Hall–Kier alpha value is -3.23. The van der Waals surface area contributed by atoms with Gasteiger partial charge < -0.3 is 10.6 Å². The van der Waals surface area contributed by atoms with Crippen LogP contribution in [0.5, 0.6) is 0 Å². The van der Waals surface area contributed by atoms with Crippen LogP contribution >= 0.6 is 0 Å². The first-order valence-electron chi connectivity index (χ1n) is 11.2. The third kappa shape index (κ3) is 7.13. The molecule has 0 radical (unpaired) electrons. The maximum Gasteiger partial charge on any atom is 0.243 e. The smallest absolute Gasteiger partial charge is 0.243 e. The van der Waals surface area contributed by atoms with Gasteiger partial charge in [-0.1, -0.05) is 80.6 Å². The second kappa shape index (κ2) is 11.3. The van der Waals surface area contributed by atoms with Gasteiger partial charge in [0.05, 0.1) is 12.2 Å². The number of carbonyl (C=O) groups excluding carboxylic acids is 2. The molecule has 0 bridgehead atoms. The molecule has 3 aromatic rings. The molecular weight excluding hydrogens is 450 g/mol. The van der Waals surface area contributed by atoms with Gasteiger partial charge in [-0.2, -0.15) is 0 Å². The Morgan fingerprint density at radius 3 is 2.12 bits per heavy atom. The molecular formula is C26H31N3O4S. The molecule has 180 valence electrons. The third-order valence-corrected chi connectivity index (χ3v) is 6.94. The fraction of sp³-hybridized carbons (Fsp3) is 0.308. The quantitative estimate of drug-likeness (QED) is 0.414. The van der Waals surface area contributed by atoms with E-state index >= 15 is 0 Å². The van der Waals surface area contributed by atoms with Crippen LogP contribution in [0.4, 0.5) is 0 Å². The first-order chi connectivity index (χ1) is 16.2. The topological polar surface area (TPSA) is 104 Å². The second-order valence-electron chi connectivity index (χ2n) is 8.64. The number of fused-ring (bicyclic) bond motifs is 1. The molecule has 34 heavy (non-hydrogen) atoms. The lowest BCUT2D eigenvalue weighted by Gasteiger charge is -2.22. The molecule has 0 heterocycles. The zero-order chi connectivity index (χ0) is 24.7. The highest BCUT2D eigenvalue weighted by Gasteiger charge is 2.24. The SMILES string of the molecule is CNS(=O)(=O)Cc1ccc(CNC(=O)C(NC(=O)Cc2ccc3ccccc3c2)C(C)C)cc1. The van der Waals surface area contributed by atoms with Crippen LogP contribution < -0.4 is 15.4 Å².